The summed E-state index contributed by atoms with van der Waals surface area (Å²) in [7, 11) is 0. The molecule has 0 unspecified atom stereocenters. The van der Waals surface area contributed by atoms with Crippen LogP contribution >= 0.6 is 11.3 Å². The van der Waals surface area contributed by atoms with Crippen molar-refractivity contribution < 1.29 is 4.79 Å². The second kappa shape index (κ2) is 4.18. The minimum atomic E-state index is 0.235. The molecular weight excluding hydrogens is 220 g/mol. The Hall–Kier alpha value is -0.870. The van der Waals surface area contributed by atoms with Crippen molar-refractivity contribution >= 4 is 17.2 Å². The van der Waals surface area contributed by atoms with Gasteiger partial charge in [0, 0.05) is 36.5 Å². The third-order valence-electron chi connectivity index (χ3n) is 3.61. The van der Waals surface area contributed by atoms with Crippen molar-refractivity contribution in [1.29, 1.82) is 0 Å². The molecule has 0 bridgehead atoms. The Labute approximate surface area is 99.5 Å². The van der Waals surface area contributed by atoms with E-state index in [-0.39, 0.29) is 5.91 Å². The molecule has 0 aliphatic carbocycles. The fourth-order valence-electron chi connectivity index (χ4n) is 2.83. The molecule has 1 N–H and O–H groups in total. The predicted molar refractivity (Wildman–Crippen MR) is 64.3 cm³/mol. The van der Waals surface area contributed by atoms with Gasteiger partial charge >= 0.3 is 0 Å². The van der Waals surface area contributed by atoms with Crippen LogP contribution in [0.15, 0.2) is 17.5 Å². The number of fused-ring (bicyclic) bond motifs is 1. The molecule has 2 saturated heterocycles. The highest BCUT2D eigenvalue weighted by Gasteiger charge is 2.37. The summed E-state index contributed by atoms with van der Waals surface area (Å²) in [6, 6.07) is 5.27. The van der Waals surface area contributed by atoms with Crippen molar-refractivity contribution in [2.75, 3.05) is 6.54 Å². The van der Waals surface area contributed by atoms with Gasteiger partial charge in [-0.1, -0.05) is 6.07 Å². The van der Waals surface area contributed by atoms with Crippen LogP contribution in [0.4, 0.5) is 0 Å². The van der Waals surface area contributed by atoms with E-state index in [2.05, 4.69) is 27.7 Å². The van der Waals surface area contributed by atoms with Gasteiger partial charge in [0.2, 0.25) is 5.91 Å². The monoisotopic (exact) mass is 236 g/mol. The predicted octanol–water partition coefficient (Wildman–Crippen LogP) is 1.60. The molecule has 3 rings (SSSR count). The molecular formula is C12H16N2OS. The van der Waals surface area contributed by atoms with Gasteiger partial charge in [-0.15, -0.1) is 11.3 Å². The second-order valence-corrected chi connectivity index (χ2v) is 5.65. The van der Waals surface area contributed by atoms with E-state index in [4.69, 9.17) is 0 Å². The van der Waals surface area contributed by atoms with Gasteiger partial charge in [-0.3, -0.25) is 9.69 Å². The Morgan fingerprint density at radius 2 is 2.44 bits per heavy atom. The molecule has 0 radical (unpaired) electrons. The van der Waals surface area contributed by atoms with E-state index in [1.165, 1.54) is 4.88 Å². The fourth-order valence-corrected chi connectivity index (χ4v) is 3.56. The van der Waals surface area contributed by atoms with E-state index in [0.29, 0.717) is 18.5 Å². The molecule has 86 valence electrons. The number of hydrogen-bond acceptors (Lipinski definition) is 3. The van der Waals surface area contributed by atoms with Crippen molar-refractivity contribution in [3.63, 3.8) is 0 Å². The van der Waals surface area contributed by atoms with Crippen molar-refractivity contribution in [2.24, 2.45) is 0 Å². The highest BCUT2D eigenvalue weighted by Crippen LogP contribution is 2.27. The third kappa shape index (κ3) is 1.87. The number of nitrogens with one attached hydrogen (secondary N) is 1. The number of rotatable bonds is 2. The van der Waals surface area contributed by atoms with E-state index in [1.54, 1.807) is 0 Å². The van der Waals surface area contributed by atoms with Gasteiger partial charge in [0.25, 0.3) is 0 Å². The summed E-state index contributed by atoms with van der Waals surface area (Å²) in [5.41, 5.74) is 0. The fraction of sp³-hybridized carbons (Fsp3) is 0.583. The summed E-state index contributed by atoms with van der Waals surface area (Å²) >= 11 is 1.82. The average molecular weight is 236 g/mol. The van der Waals surface area contributed by atoms with Gasteiger partial charge in [-0.05, 0) is 24.3 Å². The van der Waals surface area contributed by atoms with Gasteiger partial charge in [-0.25, -0.2) is 0 Å². The molecule has 1 amide bonds. The van der Waals surface area contributed by atoms with Crippen LogP contribution < -0.4 is 5.32 Å². The van der Waals surface area contributed by atoms with Crippen LogP contribution in [-0.4, -0.2) is 29.4 Å². The van der Waals surface area contributed by atoms with Crippen LogP contribution in [0.5, 0.6) is 0 Å². The number of amides is 1. The summed E-state index contributed by atoms with van der Waals surface area (Å²) in [6.07, 6.45) is 2.84. The maximum atomic E-state index is 11.3. The van der Waals surface area contributed by atoms with Crippen molar-refractivity contribution in [3.05, 3.63) is 22.4 Å². The molecule has 0 saturated carbocycles. The highest BCUT2D eigenvalue weighted by atomic mass is 32.1. The zero-order valence-electron chi connectivity index (χ0n) is 9.19. The average Bonchev–Trinajstić information content (AvgIpc) is 2.89. The van der Waals surface area contributed by atoms with Gasteiger partial charge in [0.1, 0.15) is 0 Å². The normalized spacial score (nSPS) is 30.1. The second-order valence-electron chi connectivity index (χ2n) is 4.62. The van der Waals surface area contributed by atoms with Crippen molar-refractivity contribution in [3.8, 4) is 0 Å². The minimum absolute atomic E-state index is 0.235. The van der Waals surface area contributed by atoms with Crippen LogP contribution in [0.1, 0.15) is 24.1 Å². The van der Waals surface area contributed by atoms with E-state index < -0.39 is 0 Å². The summed E-state index contributed by atoms with van der Waals surface area (Å²) in [5.74, 6) is 0.235. The van der Waals surface area contributed by atoms with Crippen LogP contribution in [0, 0.1) is 0 Å². The lowest BCUT2D eigenvalue weighted by Gasteiger charge is -2.31. The molecule has 16 heavy (non-hydrogen) atoms. The largest absolute Gasteiger partial charge is 0.352 e. The zero-order valence-corrected chi connectivity index (χ0v) is 10.0. The van der Waals surface area contributed by atoms with Crippen molar-refractivity contribution in [2.45, 2.75) is 37.9 Å². The summed E-state index contributed by atoms with van der Waals surface area (Å²) in [4.78, 5) is 15.3. The maximum Gasteiger partial charge on any atom is 0.220 e. The van der Waals surface area contributed by atoms with Gasteiger partial charge in [0.05, 0.1) is 0 Å². The number of carbonyl (C=O) groups excluding carboxylic acids is 1. The van der Waals surface area contributed by atoms with Gasteiger partial charge < -0.3 is 5.32 Å². The van der Waals surface area contributed by atoms with E-state index in [9.17, 15) is 4.79 Å². The highest BCUT2D eigenvalue weighted by molar-refractivity contribution is 7.09. The molecule has 0 spiro atoms. The topological polar surface area (TPSA) is 32.3 Å². The summed E-state index contributed by atoms with van der Waals surface area (Å²) < 4.78 is 0. The van der Waals surface area contributed by atoms with E-state index in [1.807, 2.05) is 11.3 Å². The summed E-state index contributed by atoms with van der Waals surface area (Å²) in [5, 5.41) is 5.24. The molecule has 3 nitrogen and oxygen atoms in total. The minimum Gasteiger partial charge on any atom is -0.352 e. The van der Waals surface area contributed by atoms with E-state index >= 15 is 0 Å². The molecule has 2 atom stereocenters. The zero-order chi connectivity index (χ0) is 11.0. The maximum absolute atomic E-state index is 11.3. The SMILES string of the molecule is O=C1CC[C@H]2[C@@H](CCN2Cc2cccs2)N1. The summed E-state index contributed by atoms with van der Waals surface area (Å²) in [6.45, 7) is 2.17. The molecule has 2 aliphatic rings. The first-order valence-corrected chi connectivity index (χ1v) is 6.77. The van der Waals surface area contributed by atoms with Crippen LogP contribution in [-0.2, 0) is 11.3 Å². The Balaban J connectivity index is 1.67. The smallest absolute Gasteiger partial charge is 0.220 e. The van der Waals surface area contributed by atoms with Crippen LogP contribution in [0.2, 0.25) is 0 Å². The first kappa shape index (κ1) is 10.3. The quantitative estimate of drug-likeness (QED) is 0.846. The molecule has 2 aliphatic heterocycles. The molecule has 3 heterocycles. The number of likely N-dealkylation sites (tertiary alicyclic amines) is 1. The Morgan fingerprint density at radius 1 is 1.50 bits per heavy atom. The first-order valence-electron chi connectivity index (χ1n) is 5.89. The molecule has 1 aromatic heterocycles. The van der Waals surface area contributed by atoms with Gasteiger partial charge in [-0.2, -0.15) is 0 Å². The number of thiophene rings is 1. The lowest BCUT2D eigenvalue weighted by molar-refractivity contribution is -0.124. The molecule has 4 heteroatoms. The first-order chi connectivity index (χ1) is 7.83. The van der Waals surface area contributed by atoms with Gasteiger partial charge in [0.15, 0.2) is 0 Å². The van der Waals surface area contributed by atoms with E-state index in [0.717, 1.165) is 25.9 Å². The lowest BCUT2D eigenvalue weighted by Crippen LogP contribution is -2.49. The molecule has 2 fully saturated rings. The number of nitrogens with zero attached hydrogens (tertiary/aromatic N) is 1. The third-order valence-corrected chi connectivity index (χ3v) is 4.47. The number of carbonyl (C=O) groups is 1. The van der Waals surface area contributed by atoms with Crippen LogP contribution in [0.25, 0.3) is 0 Å². The Bertz CT molecular complexity index is 376. The molecule has 0 aromatic carbocycles. The number of hydrogen-bond donors (Lipinski definition) is 1. The standard InChI is InChI=1S/C12H16N2OS/c15-12-4-3-11-10(13-12)5-6-14(11)8-9-2-1-7-16-9/h1-2,7,10-11H,3-6,8H2,(H,13,15)/t10-,11+/m1/s1. The van der Waals surface area contributed by atoms with Crippen LogP contribution in [0.3, 0.4) is 0 Å². The van der Waals surface area contributed by atoms with Crippen molar-refractivity contribution in [1.82, 2.24) is 10.2 Å². The Morgan fingerprint density at radius 3 is 3.25 bits per heavy atom. The number of piperidine rings is 1. The Kier molecular flexibility index (Phi) is 2.69. The molecule has 1 aromatic rings. The lowest BCUT2D eigenvalue weighted by atomic mass is 9.99.